The number of benzene rings is 1. The van der Waals surface area contributed by atoms with E-state index in [2.05, 4.69) is 30.0 Å². The van der Waals surface area contributed by atoms with Gasteiger partial charge >= 0.3 is 0 Å². The van der Waals surface area contributed by atoms with E-state index < -0.39 is 10.0 Å². The van der Waals surface area contributed by atoms with Crippen LogP contribution in [-0.2, 0) is 17.1 Å². The molecule has 2 aliphatic rings. The highest BCUT2D eigenvalue weighted by molar-refractivity contribution is 7.92. The Bertz CT molecular complexity index is 1270. The fourth-order valence-electron chi connectivity index (χ4n) is 5.75. The summed E-state index contributed by atoms with van der Waals surface area (Å²) >= 11 is 0. The molecule has 7 nitrogen and oxygen atoms in total. The Labute approximate surface area is 208 Å². The van der Waals surface area contributed by atoms with E-state index in [-0.39, 0.29) is 10.8 Å². The summed E-state index contributed by atoms with van der Waals surface area (Å²) in [6.45, 7) is 3.72. The molecule has 8 heteroatoms. The number of aromatic nitrogens is 3. The summed E-state index contributed by atoms with van der Waals surface area (Å²) < 4.78 is 30.4. The van der Waals surface area contributed by atoms with Gasteiger partial charge in [-0.15, -0.1) is 0 Å². The largest absolute Gasteiger partial charge is 0.303 e. The lowest BCUT2D eigenvalue weighted by Gasteiger charge is -2.34. The standard InChI is InChI=1S/C27H35N5O2S/c1-4-14-30(2)23-12-10-20(11-13-23)21-15-25-26(22-17-29-31(3)18-22)19-32(27(25)28-16-21)35(33,34)24-8-6-5-7-9-24/h5-9,15-18,20,23,26H,4,10-14,19H2,1-3H3. The molecule has 0 bridgehead atoms. The summed E-state index contributed by atoms with van der Waals surface area (Å²) in [6.07, 6.45) is 11.6. The Balaban J connectivity index is 1.46. The van der Waals surface area contributed by atoms with Crippen molar-refractivity contribution in [2.75, 3.05) is 24.4 Å². The molecule has 0 amide bonds. The molecule has 35 heavy (non-hydrogen) atoms. The first-order valence-corrected chi connectivity index (χ1v) is 14.1. The second-order valence-corrected chi connectivity index (χ2v) is 11.9. The minimum Gasteiger partial charge on any atom is -0.303 e. The highest BCUT2D eigenvalue weighted by atomic mass is 32.2. The van der Waals surface area contributed by atoms with Gasteiger partial charge in [0.15, 0.2) is 0 Å². The lowest BCUT2D eigenvalue weighted by atomic mass is 9.81. The van der Waals surface area contributed by atoms with Crippen molar-refractivity contribution in [3.63, 3.8) is 0 Å². The van der Waals surface area contributed by atoms with Crippen LogP contribution in [0.2, 0.25) is 0 Å². The zero-order valence-corrected chi connectivity index (χ0v) is 21.7. The van der Waals surface area contributed by atoms with Crippen LogP contribution in [-0.4, -0.2) is 54.3 Å². The topological polar surface area (TPSA) is 71.3 Å². The third-order valence-corrected chi connectivity index (χ3v) is 9.47. The van der Waals surface area contributed by atoms with Gasteiger partial charge in [0.05, 0.1) is 11.1 Å². The second-order valence-electron chi connectivity index (χ2n) is 10.0. The van der Waals surface area contributed by atoms with Crippen LogP contribution in [0.1, 0.15) is 67.6 Å². The molecule has 2 aromatic heterocycles. The molecular weight excluding hydrogens is 458 g/mol. The Kier molecular flexibility index (Phi) is 6.68. The maximum atomic E-state index is 13.6. The monoisotopic (exact) mass is 493 g/mol. The molecule has 1 unspecified atom stereocenters. The van der Waals surface area contributed by atoms with Crippen molar-refractivity contribution in [2.24, 2.45) is 7.05 Å². The third-order valence-electron chi connectivity index (χ3n) is 7.70. The zero-order chi connectivity index (χ0) is 24.6. The molecule has 1 aliphatic carbocycles. The number of hydrogen-bond acceptors (Lipinski definition) is 5. The molecule has 1 saturated carbocycles. The van der Waals surface area contributed by atoms with Gasteiger partial charge in [-0.2, -0.15) is 5.10 Å². The molecule has 3 heterocycles. The normalized spacial score (nSPS) is 22.5. The molecule has 1 aliphatic heterocycles. The van der Waals surface area contributed by atoms with Crippen LogP contribution < -0.4 is 4.31 Å². The van der Waals surface area contributed by atoms with E-state index in [1.165, 1.54) is 29.1 Å². The van der Waals surface area contributed by atoms with Crippen molar-refractivity contribution >= 4 is 15.8 Å². The predicted octanol–water partition coefficient (Wildman–Crippen LogP) is 4.52. The maximum absolute atomic E-state index is 13.6. The summed E-state index contributed by atoms with van der Waals surface area (Å²) in [6, 6.07) is 11.5. The summed E-state index contributed by atoms with van der Waals surface area (Å²) in [5.41, 5.74) is 3.23. The molecule has 0 spiro atoms. The first kappa shape index (κ1) is 24.0. The quantitative estimate of drug-likeness (QED) is 0.484. The number of fused-ring (bicyclic) bond motifs is 1. The van der Waals surface area contributed by atoms with E-state index in [0.29, 0.717) is 24.3 Å². The first-order valence-electron chi connectivity index (χ1n) is 12.6. The van der Waals surface area contributed by atoms with Crippen molar-refractivity contribution in [3.8, 4) is 0 Å². The molecule has 0 N–H and O–H groups in total. The Hall–Kier alpha value is -2.71. The molecule has 0 saturated heterocycles. The van der Waals surface area contributed by atoms with E-state index in [9.17, 15) is 8.42 Å². The molecule has 5 rings (SSSR count). The minimum atomic E-state index is -3.71. The van der Waals surface area contributed by atoms with Crippen LogP contribution in [0.15, 0.2) is 59.9 Å². The van der Waals surface area contributed by atoms with Gasteiger partial charge < -0.3 is 4.90 Å². The van der Waals surface area contributed by atoms with Crippen LogP contribution in [0.5, 0.6) is 0 Å². The van der Waals surface area contributed by atoms with Crippen molar-refractivity contribution in [1.29, 1.82) is 0 Å². The first-order chi connectivity index (χ1) is 16.9. The Morgan fingerprint density at radius 3 is 2.46 bits per heavy atom. The third kappa shape index (κ3) is 4.61. The van der Waals surface area contributed by atoms with E-state index >= 15 is 0 Å². The van der Waals surface area contributed by atoms with Gasteiger partial charge in [0.2, 0.25) is 0 Å². The minimum absolute atomic E-state index is 0.0864. The summed E-state index contributed by atoms with van der Waals surface area (Å²) in [5, 5.41) is 4.36. The van der Waals surface area contributed by atoms with Gasteiger partial charge in [0, 0.05) is 43.5 Å². The predicted molar refractivity (Wildman–Crippen MR) is 138 cm³/mol. The van der Waals surface area contributed by atoms with E-state index in [1.807, 2.05) is 31.7 Å². The zero-order valence-electron chi connectivity index (χ0n) is 20.8. The molecule has 186 valence electrons. The number of aryl methyl sites for hydroxylation is 1. The van der Waals surface area contributed by atoms with Crippen LogP contribution in [0, 0.1) is 0 Å². The molecule has 3 aromatic rings. The number of anilines is 1. The van der Waals surface area contributed by atoms with Crippen LogP contribution >= 0.6 is 0 Å². The van der Waals surface area contributed by atoms with Crippen LogP contribution in [0.4, 0.5) is 5.82 Å². The van der Waals surface area contributed by atoms with Gasteiger partial charge in [-0.3, -0.25) is 4.68 Å². The summed E-state index contributed by atoms with van der Waals surface area (Å²) in [7, 11) is 0.423. The van der Waals surface area contributed by atoms with Crippen LogP contribution in [0.25, 0.3) is 0 Å². The Morgan fingerprint density at radius 2 is 1.80 bits per heavy atom. The van der Waals surface area contributed by atoms with Gasteiger partial charge in [-0.25, -0.2) is 17.7 Å². The van der Waals surface area contributed by atoms with Crippen molar-refractivity contribution in [1.82, 2.24) is 19.7 Å². The summed E-state index contributed by atoms with van der Waals surface area (Å²) in [4.78, 5) is 7.57. The van der Waals surface area contributed by atoms with Crippen molar-refractivity contribution in [2.45, 2.75) is 61.8 Å². The molecular formula is C27H35N5O2S. The number of rotatable bonds is 7. The number of sulfonamides is 1. The Morgan fingerprint density at radius 1 is 1.06 bits per heavy atom. The van der Waals surface area contributed by atoms with E-state index in [4.69, 9.17) is 4.98 Å². The van der Waals surface area contributed by atoms with Crippen molar-refractivity contribution in [3.05, 3.63) is 71.7 Å². The number of nitrogens with zero attached hydrogens (tertiary/aromatic N) is 5. The second kappa shape index (κ2) is 9.74. The van der Waals surface area contributed by atoms with Gasteiger partial charge in [-0.05, 0) is 80.9 Å². The lowest BCUT2D eigenvalue weighted by molar-refractivity contribution is 0.182. The smallest absolute Gasteiger partial charge is 0.265 e. The fourth-order valence-corrected chi connectivity index (χ4v) is 7.23. The molecule has 0 radical (unpaired) electrons. The van der Waals surface area contributed by atoms with Crippen molar-refractivity contribution < 1.29 is 8.42 Å². The van der Waals surface area contributed by atoms with Crippen LogP contribution in [0.3, 0.4) is 0 Å². The fraction of sp³-hybridized carbons (Fsp3) is 0.481. The van der Waals surface area contributed by atoms with E-state index in [0.717, 1.165) is 30.5 Å². The molecule has 1 aromatic carbocycles. The number of hydrogen-bond donors (Lipinski definition) is 0. The van der Waals surface area contributed by atoms with Gasteiger partial charge in [-0.1, -0.05) is 25.1 Å². The average Bonchev–Trinajstić information content (AvgIpc) is 3.48. The van der Waals surface area contributed by atoms with E-state index in [1.54, 1.807) is 28.9 Å². The average molecular weight is 494 g/mol. The van der Waals surface area contributed by atoms with Gasteiger partial charge in [0.1, 0.15) is 5.82 Å². The highest BCUT2D eigenvalue weighted by Gasteiger charge is 2.39. The molecule has 1 fully saturated rings. The molecule has 1 atom stereocenters. The maximum Gasteiger partial charge on any atom is 0.265 e. The number of pyridine rings is 1. The lowest BCUT2D eigenvalue weighted by Crippen LogP contribution is -2.35. The summed E-state index contributed by atoms with van der Waals surface area (Å²) in [5.74, 6) is 0.924. The SMILES string of the molecule is CCCN(C)C1CCC(c2cnc3c(c2)C(c2cnn(C)c2)CN3S(=O)(=O)c2ccccc2)CC1. The van der Waals surface area contributed by atoms with Gasteiger partial charge in [0.25, 0.3) is 10.0 Å². The highest BCUT2D eigenvalue weighted by Crippen LogP contribution is 2.44.